The first-order valence-electron chi connectivity index (χ1n) is 9.25. The van der Waals surface area contributed by atoms with E-state index in [0.29, 0.717) is 21.6 Å². The first-order chi connectivity index (χ1) is 13.1. The number of ether oxygens (including phenoxy) is 1. The third kappa shape index (κ3) is 4.31. The topological polar surface area (TPSA) is 70.7 Å². The molecule has 1 atom stereocenters. The Morgan fingerprint density at radius 1 is 1.11 bits per heavy atom. The average Bonchev–Trinajstić information content (AvgIpc) is 3.13. The Morgan fingerprint density at radius 2 is 1.85 bits per heavy atom. The van der Waals surface area contributed by atoms with E-state index in [1.807, 2.05) is 12.1 Å². The van der Waals surface area contributed by atoms with E-state index in [1.54, 1.807) is 24.3 Å². The second-order valence-electron chi connectivity index (χ2n) is 7.14. The number of nitrogens with zero attached hydrogens (tertiary/aromatic N) is 1. The first kappa shape index (κ1) is 18.0. The molecular formula is C20H23N3O3S. The van der Waals surface area contributed by atoms with Crippen molar-refractivity contribution < 1.29 is 14.3 Å². The van der Waals surface area contributed by atoms with E-state index in [9.17, 15) is 9.59 Å². The average molecular weight is 385 g/mol. The van der Waals surface area contributed by atoms with Crippen LogP contribution in [-0.2, 0) is 4.79 Å². The molecule has 0 spiro atoms. The van der Waals surface area contributed by atoms with Crippen molar-refractivity contribution in [2.75, 3.05) is 25.0 Å². The van der Waals surface area contributed by atoms with E-state index in [1.165, 1.54) is 31.1 Å². The first-order valence-corrected chi connectivity index (χ1v) is 10.1. The van der Waals surface area contributed by atoms with E-state index in [2.05, 4.69) is 15.5 Å². The molecule has 0 saturated carbocycles. The van der Waals surface area contributed by atoms with Gasteiger partial charge >= 0.3 is 0 Å². The van der Waals surface area contributed by atoms with Crippen LogP contribution >= 0.6 is 11.3 Å². The lowest BCUT2D eigenvalue weighted by molar-refractivity contribution is -0.114. The number of benzene rings is 1. The summed E-state index contributed by atoms with van der Waals surface area (Å²) in [7, 11) is 0. The molecule has 0 unspecified atom stereocenters. The Bertz CT molecular complexity index is 825. The predicted molar refractivity (Wildman–Crippen MR) is 106 cm³/mol. The van der Waals surface area contributed by atoms with E-state index >= 15 is 0 Å². The third-order valence-electron chi connectivity index (χ3n) is 5.17. The zero-order chi connectivity index (χ0) is 18.8. The molecule has 2 amide bonds. The summed E-state index contributed by atoms with van der Waals surface area (Å²) in [6.07, 6.45) is 2.36. The van der Waals surface area contributed by atoms with E-state index in [4.69, 9.17) is 4.74 Å². The molecule has 0 radical (unpaired) electrons. The van der Waals surface area contributed by atoms with Crippen LogP contribution in [-0.4, -0.2) is 42.4 Å². The van der Waals surface area contributed by atoms with E-state index < -0.39 is 0 Å². The molecule has 2 aromatic rings. The highest BCUT2D eigenvalue weighted by atomic mass is 32.1. The van der Waals surface area contributed by atoms with Crippen molar-refractivity contribution >= 4 is 28.8 Å². The smallest absolute Gasteiger partial charge is 0.261 e. The Kier molecular flexibility index (Phi) is 5.13. The second-order valence-corrected chi connectivity index (χ2v) is 8.19. The van der Waals surface area contributed by atoms with Gasteiger partial charge in [0.25, 0.3) is 5.91 Å². The van der Waals surface area contributed by atoms with Crippen molar-refractivity contribution in [3.63, 3.8) is 0 Å². The molecule has 3 aliphatic heterocycles. The molecule has 142 valence electrons. The number of hydrogen-bond acceptors (Lipinski definition) is 5. The Labute approximate surface area is 162 Å². The van der Waals surface area contributed by atoms with Crippen molar-refractivity contribution in [2.24, 2.45) is 5.92 Å². The highest BCUT2D eigenvalue weighted by Crippen LogP contribution is 2.31. The number of anilines is 1. The summed E-state index contributed by atoms with van der Waals surface area (Å²) in [5.74, 6) is 1.14. The number of thiophene rings is 1. The summed E-state index contributed by atoms with van der Waals surface area (Å²) in [4.78, 5) is 26.7. The minimum atomic E-state index is -0.111. The van der Waals surface area contributed by atoms with Crippen molar-refractivity contribution in [1.82, 2.24) is 10.2 Å². The van der Waals surface area contributed by atoms with Gasteiger partial charge in [-0.05, 0) is 68.2 Å². The van der Waals surface area contributed by atoms with Gasteiger partial charge in [0.05, 0.1) is 4.88 Å². The van der Waals surface area contributed by atoms with Gasteiger partial charge < -0.3 is 20.3 Å². The van der Waals surface area contributed by atoms with Crippen LogP contribution in [0.15, 0.2) is 36.4 Å². The van der Waals surface area contributed by atoms with Crippen LogP contribution in [0.1, 0.15) is 29.4 Å². The van der Waals surface area contributed by atoms with Gasteiger partial charge in [-0.2, -0.15) is 0 Å². The standard InChI is InChI=1S/C20H23N3O3S/c1-13(24)21-15-2-4-16(5-3-15)26-19-7-6-18(27-19)20(25)22-17-12-23-10-8-14(17)9-11-23/h2-7,14,17H,8-12H2,1H3,(H,21,24)(H,22,25)/t17-/m0/s1. The maximum atomic E-state index is 12.6. The molecule has 6 nitrogen and oxygen atoms in total. The number of amides is 2. The lowest BCUT2D eigenvalue weighted by atomic mass is 9.84. The van der Waals surface area contributed by atoms with Gasteiger partial charge in [0.15, 0.2) is 5.06 Å². The molecule has 2 bridgehead atoms. The molecule has 0 aliphatic carbocycles. The number of rotatable bonds is 5. The quantitative estimate of drug-likeness (QED) is 0.828. The van der Waals surface area contributed by atoms with Crippen LogP contribution in [0, 0.1) is 5.92 Å². The van der Waals surface area contributed by atoms with Crippen molar-refractivity contribution in [3.05, 3.63) is 41.3 Å². The summed E-state index contributed by atoms with van der Waals surface area (Å²) >= 11 is 1.34. The van der Waals surface area contributed by atoms with Gasteiger partial charge in [-0.25, -0.2) is 0 Å². The lowest BCUT2D eigenvalue weighted by Crippen LogP contribution is -2.57. The molecule has 3 aliphatic rings. The summed E-state index contributed by atoms with van der Waals surface area (Å²) in [6.45, 7) is 4.76. The number of nitrogens with one attached hydrogen (secondary N) is 2. The molecule has 3 saturated heterocycles. The fourth-order valence-corrected chi connectivity index (χ4v) is 4.57. The van der Waals surface area contributed by atoms with Crippen molar-refractivity contribution in [2.45, 2.75) is 25.8 Å². The lowest BCUT2D eigenvalue weighted by Gasteiger charge is -2.44. The molecule has 1 aromatic carbocycles. The van der Waals surface area contributed by atoms with Crippen molar-refractivity contribution in [3.8, 4) is 10.8 Å². The largest absolute Gasteiger partial charge is 0.447 e. The number of hydrogen-bond donors (Lipinski definition) is 2. The van der Waals surface area contributed by atoms with Crippen LogP contribution in [0.4, 0.5) is 5.69 Å². The monoisotopic (exact) mass is 385 g/mol. The van der Waals surface area contributed by atoms with Gasteiger partial charge in [-0.1, -0.05) is 11.3 Å². The summed E-state index contributed by atoms with van der Waals surface area (Å²) in [5.41, 5.74) is 0.721. The SMILES string of the molecule is CC(=O)Nc1ccc(Oc2ccc(C(=O)N[C@H]3CN4CCC3CC4)s2)cc1. The normalized spacial score (nSPS) is 23.7. The maximum Gasteiger partial charge on any atom is 0.261 e. The summed E-state index contributed by atoms with van der Waals surface area (Å²) in [5, 5.41) is 6.59. The number of piperidine rings is 3. The fraction of sp³-hybridized carbons (Fsp3) is 0.400. The minimum absolute atomic E-state index is 0.0189. The molecule has 5 rings (SSSR count). The number of fused-ring (bicyclic) bond motifs is 3. The number of carbonyl (C=O) groups is 2. The molecule has 1 aromatic heterocycles. The van der Waals surface area contributed by atoms with Crippen LogP contribution < -0.4 is 15.4 Å². The molecular weight excluding hydrogens is 362 g/mol. The third-order valence-corrected chi connectivity index (χ3v) is 6.13. The predicted octanol–water partition coefficient (Wildman–Crippen LogP) is 3.32. The summed E-state index contributed by atoms with van der Waals surface area (Å²) in [6, 6.07) is 11.0. The van der Waals surface area contributed by atoms with Gasteiger partial charge in [0.2, 0.25) is 5.91 Å². The van der Waals surface area contributed by atoms with Gasteiger partial charge in [-0.15, -0.1) is 0 Å². The van der Waals surface area contributed by atoms with Gasteiger partial charge in [0, 0.05) is 25.2 Å². The van der Waals surface area contributed by atoms with Crippen LogP contribution in [0.5, 0.6) is 10.8 Å². The Balaban J connectivity index is 1.35. The second kappa shape index (κ2) is 7.70. The zero-order valence-electron chi connectivity index (χ0n) is 15.2. The highest BCUT2D eigenvalue weighted by molar-refractivity contribution is 7.15. The number of carbonyl (C=O) groups excluding carboxylic acids is 2. The molecule has 4 heterocycles. The van der Waals surface area contributed by atoms with Crippen LogP contribution in [0.25, 0.3) is 0 Å². The molecule has 2 N–H and O–H groups in total. The van der Waals surface area contributed by atoms with Gasteiger partial charge in [-0.3, -0.25) is 9.59 Å². The minimum Gasteiger partial charge on any atom is -0.447 e. The maximum absolute atomic E-state index is 12.6. The van der Waals surface area contributed by atoms with Crippen molar-refractivity contribution in [1.29, 1.82) is 0 Å². The van der Waals surface area contributed by atoms with Crippen LogP contribution in [0.3, 0.4) is 0 Å². The highest BCUT2D eigenvalue weighted by Gasteiger charge is 2.35. The fourth-order valence-electron chi connectivity index (χ4n) is 3.79. The van der Waals surface area contributed by atoms with E-state index in [-0.39, 0.29) is 17.9 Å². The van der Waals surface area contributed by atoms with E-state index in [0.717, 1.165) is 25.3 Å². The van der Waals surface area contributed by atoms with Crippen LogP contribution in [0.2, 0.25) is 0 Å². The molecule has 3 fully saturated rings. The van der Waals surface area contributed by atoms with Gasteiger partial charge in [0.1, 0.15) is 5.75 Å². The molecule has 27 heavy (non-hydrogen) atoms. The Hall–Kier alpha value is -2.38. The zero-order valence-corrected chi connectivity index (χ0v) is 16.1. The Morgan fingerprint density at radius 3 is 2.48 bits per heavy atom. The summed E-state index contributed by atoms with van der Waals surface area (Å²) < 4.78 is 5.83. The molecule has 7 heteroatoms.